The number of rotatable bonds is 5. The summed E-state index contributed by atoms with van der Waals surface area (Å²) < 4.78 is 13.6. The number of benzene rings is 1. The Morgan fingerprint density at radius 3 is 2.78 bits per heavy atom. The van der Waals surface area contributed by atoms with Crippen molar-refractivity contribution < 1.29 is 14.0 Å². The number of hydrogen-bond donors (Lipinski definition) is 2. The summed E-state index contributed by atoms with van der Waals surface area (Å²) in [7, 11) is 0. The van der Waals surface area contributed by atoms with Crippen molar-refractivity contribution in [2.75, 3.05) is 13.1 Å². The van der Waals surface area contributed by atoms with Gasteiger partial charge in [0, 0.05) is 49.7 Å². The van der Waals surface area contributed by atoms with Crippen LogP contribution in [0.1, 0.15) is 44.7 Å². The monoisotopic (exact) mass is 372 g/mol. The molecule has 1 aliphatic rings. The predicted octanol–water partition coefficient (Wildman–Crippen LogP) is 2.84. The molecule has 2 amide bonds. The van der Waals surface area contributed by atoms with Gasteiger partial charge in [0.2, 0.25) is 11.8 Å². The zero-order chi connectivity index (χ0) is 19.4. The van der Waals surface area contributed by atoms with Crippen LogP contribution in [0.25, 0.3) is 11.1 Å². The molecule has 1 atom stereocenters. The molecule has 2 aromatic rings. The number of H-pyrrole nitrogens is 1. The van der Waals surface area contributed by atoms with Crippen molar-refractivity contribution in [2.45, 2.75) is 45.1 Å². The van der Waals surface area contributed by atoms with Crippen LogP contribution >= 0.6 is 0 Å². The number of likely N-dealkylation sites (tertiary alicyclic amines) is 1. The first-order valence-corrected chi connectivity index (χ1v) is 9.28. The lowest BCUT2D eigenvalue weighted by molar-refractivity contribution is -0.132. The molecule has 0 aliphatic carbocycles. The SMILES string of the molecule is CC(=O)N[C@@H](C)CC(=O)N1CCC(c2[nH]ncc2-c2cccc(F)c2)CC1. The molecule has 1 aliphatic heterocycles. The van der Waals surface area contributed by atoms with Crippen LogP contribution in [0.15, 0.2) is 30.5 Å². The van der Waals surface area contributed by atoms with E-state index in [0.717, 1.165) is 29.7 Å². The highest BCUT2D eigenvalue weighted by Crippen LogP contribution is 2.34. The second-order valence-electron chi connectivity index (χ2n) is 7.17. The Morgan fingerprint density at radius 1 is 1.37 bits per heavy atom. The van der Waals surface area contributed by atoms with E-state index in [1.807, 2.05) is 17.9 Å². The summed E-state index contributed by atoms with van der Waals surface area (Å²) in [5.41, 5.74) is 2.72. The second-order valence-corrected chi connectivity index (χ2v) is 7.17. The van der Waals surface area contributed by atoms with Crippen LogP contribution in [0.4, 0.5) is 4.39 Å². The lowest BCUT2D eigenvalue weighted by atomic mass is 9.89. The molecular formula is C20H25FN4O2. The fourth-order valence-electron chi connectivity index (χ4n) is 3.70. The lowest BCUT2D eigenvalue weighted by Gasteiger charge is -2.32. The fourth-order valence-corrected chi connectivity index (χ4v) is 3.70. The zero-order valence-corrected chi connectivity index (χ0v) is 15.7. The van der Waals surface area contributed by atoms with Gasteiger partial charge in [0.15, 0.2) is 0 Å². The minimum atomic E-state index is -0.270. The first kappa shape index (κ1) is 19.1. The van der Waals surface area contributed by atoms with Crippen LogP contribution in [0.2, 0.25) is 0 Å². The lowest BCUT2D eigenvalue weighted by Crippen LogP contribution is -2.42. The number of carbonyl (C=O) groups is 2. The molecule has 0 unspecified atom stereocenters. The van der Waals surface area contributed by atoms with E-state index in [-0.39, 0.29) is 29.6 Å². The standard InChI is InChI=1S/C20H25FN4O2/c1-13(23-14(2)26)10-19(27)25-8-6-15(7-9-25)20-18(12-22-24-20)16-4-3-5-17(21)11-16/h3-5,11-13,15H,6-10H2,1-2H3,(H,22,24)(H,23,26)/t13-/m0/s1. The van der Waals surface area contributed by atoms with E-state index in [4.69, 9.17) is 0 Å². The Bertz CT molecular complexity index is 812. The van der Waals surface area contributed by atoms with Gasteiger partial charge in [-0.2, -0.15) is 5.10 Å². The van der Waals surface area contributed by atoms with Gasteiger partial charge in [-0.05, 0) is 37.5 Å². The van der Waals surface area contributed by atoms with Gasteiger partial charge in [0.05, 0.1) is 6.20 Å². The molecule has 144 valence electrons. The van der Waals surface area contributed by atoms with E-state index in [0.29, 0.717) is 19.5 Å². The van der Waals surface area contributed by atoms with Gasteiger partial charge in [-0.15, -0.1) is 0 Å². The van der Waals surface area contributed by atoms with Crippen LogP contribution in [-0.2, 0) is 9.59 Å². The summed E-state index contributed by atoms with van der Waals surface area (Å²) in [6, 6.07) is 6.34. The van der Waals surface area contributed by atoms with Crippen LogP contribution in [0.5, 0.6) is 0 Å². The van der Waals surface area contributed by atoms with E-state index in [1.54, 1.807) is 12.3 Å². The molecule has 1 fully saturated rings. The van der Waals surface area contributed by atoms with Gasteiger partial charge in [-0.1, -0.05) is 12.1 Å². The van der Waals surface area contributed by atoms with Crippen LogP contribution in [0.3, 0.4) is 0 Å². The third kappa shape index (κ3) is 4.72. The Morgan fingerprint density at radius 2 is 2.11 bits per heavy atom. The smallest absolute Gasteiger partial charge is 0.224 e. The van der Waals surface area contributed by atoms with Gasteiger partial charge in [0.25, 0.3) is 0 Å². The number of nitrogens with one attached hydrogen (secondary N) is 2. The predicted molar refractivity (Wildman–Crippen MR) is 100 cm³/mol. The number of amides is 2. The number of aromatic nitrogens is 2. The van der Waals surface area contributed by atoms with Crippen LogP contribution in [-0.4, -0.2) is 46.0 Å². The Kier molecular flexibility index (Phi) is 5.88. The van der Waals surface area contributed by atoms with Crippen molar-refractivity contribution >= 4 is 11.8 Å². The van der Waals surface area contributed by atoms with Gasteiger partial charge in [0.1, 0.15) is 5.82 Å². The second kappa shape index (κ2) is 8.33. The molecule has 1 aromatic carbocycles. The number of halogens is 1. The van der Waals surface area contributed by atoms with E-state index in [1.165, 1.54) is 19.1 Å². The molecule has 1 aromatic heterocycles. The maximum atomic E-state index is 13.6. The highest BCUT2D eigenvalue weighted by Gasteiger charge is 2.27. The summed E-state index contributed by atoms with van der Waals surface area (Å²) in [5.74, 6) is -0.0845. The largest absolute Gasteiger partial charge is 0.353 e. The molecule has 27 heavy (non-hydrogen) atoms. The van der Waals surface area contributed by atoms with E-state index in [2.05, 4.69) is 15.5 Å². The maximum Gasteiger partial charge on any atom is 0.224 e. The molecule has 0 bridgehead atoms. The minimum Gasteiger partial charge on any atom is -0.353 e. The van der Waals surface area contributed by atoms with Crippen LogP contribution < -0.4 is 5.32 Å². The van der Waals surface area contributed by atoms with Gasteiger partial charge in [-0.3, -0.25) is 14.7 Å². The summed E-state index contributed by atoms with van der Waals surface area (Å²) in [6.07, 6.45) is 3.69. The van der Waals surface area contributed by atoms with Crippen molar-refractivity contribution in [3.05, 3.63) is 42.0 Å². The van der Waals surface area contributed by atoms with Crippen molar-refractivity contribution in [1.82, 2.24) is 20.4 Å². The van der Waals surface area contributed by atoms with E-state index >= 15 is 0 Å². The number of piperidine rings is 1. The average molecular weight is 372 g/mol. The fraction of sp³-hybridized carbons (Fsp3) is 0.450. The normalized spacial score (nSPS) is 16.2. The number of hydrogen-bond acceptors (Lipinski definition) is 3. The van der Waals surface area contributed by atoms with Gasteiger partial charge >= 0.3 is 0 Å². The van der Waals surface area contributed by atoms with Crippen molar-refractivity contribution in [1.29, 1.82) is 0 Å². The quantitative estimate of drug-likeness (QED) is 0.847. The first-order chi connectivity index (χ1) is 12.9. The highest BCUT2D eigenvalue weighted by atomic mass is 19.1. The molecule has 7 heteroatoms. The molecule has 1 saturated heterocycles. The summed E-state index contributed by atoms with van der Waals surface area (Å²) in [5, 5.41) is 9.97. The van der Waals surface area contributed by atoms with Gasteiger partial charge < -0.3 is 10.2 Å². The summed E-state index contributed by atoms with van der Waals surface area (Å²) in [6.45, 7) is 4.62. The molecular weight excluding hydrogens is 347 g/mol. The number of aromatic amines is 1. The molecule has 2 N–H and O–H groups in total. The molecule has 2 heterocycles. The zero-order valence-electron chi connectivity index (χ0n) is 15.7. The van der Waals surface area contributed by atoms with Crippen molar-refractivity contribution in [3.63, 3.8) is 0 Å². The first-order valence-electron chi connectivity index (χ1n) is 9.28. The third-order valence-corrected chi connectivity index (χ3v) is 4.99. The summed E-state index contributed by atoms with van der Waals surface area (Å²) >= 11 is 0. The van der Waals surface area contributed by atoms with Crippen molar-refractivity contribution in [2.24, 2.45) is 0 Å². The van der Waals surface area contributed by atoms with E-state index in [9.17, 15) is 14.0 Å². The molecule has 0 radical (unpaired) electrons. The third-order valence-electron chi connectivity index (χ3n) is 4.99. The average Bonchev–Trinajstić information content (AvgIpc) is 3.11. The number of carbonyl (C=O) groups excluding carboxylic acids is 2. The molecule has 6 nitrogen and oxygen atoms in total. The number of nitrogens with zero attached hydrogens (tertiary/aromatic N) is 2. The minimum absolute atomic E-state index is 0.0599. The highest BCUT2D eigenvalue weighted by molar-refractivity contribution is 5.79. The maximum absolute atomic E-state index is 13.6. The molecule has 3 rings (SSSR count). The molecule has 0 saturated carbocycles. The topological polar surface area (TPSA) is 78.1 Å². The Balaban J connectivity index is 1.61. The van der Waals surface area contributed by atoms with E-state index < -0.39 is 0 Å². The van der Waals surface area contributed by atoms with Gasteiger partial charge in [-0.25, -0.2) is 4.39 Å². The van der Waals surface area contributed by atoms with Crippen molar-refractivity contribution in [3.8, 4) is 11.1 Å². The Labute approximate surface area is 158 Å². The summed E-state index contributed by atoms with van der Waals surface area (Å²) in [4.78, 5) is 25.4. The van der Waals surface area contributed by atoms with Crippen LogP contribution in [0, 0.1) is 5.82 Å². The Hall–Kier alpha value is -2.70. The molecule has 0 spiro atoms.